The molecule has 0 rings (SSSR count). The molecule has 0 aliphatic heterocycles. The van der Waals surface area contributed by atoms with Crippen LogP contribution in [-0.4, -0.2) is 5.91 Å². The Morgan fingerprint density at radius 3 is 2.36 bits per heavy atom. The first kappa shape index (κ1) is 9.69. The zero-order chi connectivity index (χ0) is 8.85. The third-order valence-electron chi connectivity index (χ3n) is 1.35. The molecule has 0 aromatic carbocycles. The molecule has 0 aliphatic rings. The second-order valence-electron chi connectivity index (χ2n) is 2.15. The highest BCUT2D eigenvalue weighted by Gasteiger charge is 2.03. The molecule has 0 aromatic heterocycles. The fraction of sp³-hybridized carbons (Fsp3) is 0.222. The monoisotopic (exact) mass is 151 g/mol. The van der Waals surface area contributed by atoms with Crippen molar-refractivity contribution in [2.24, 2.45) is 5.73 Å². The van der Waals surface area contributed by atoms with Gasteiger partial charge in [0.1, 0.15) is 0 Å². The standard InChI is InChI=1S/C9H13NO/c1-4-6-7(3)8(5-2)9(10)11/h4-6H,1H2,2-3H3,(H2,10,11)/b7-6-,8-5+. The van der Waals surface area contributed by atoms with Gasteiger partial charge in [0.15, 0.2) is 0 Å². The van der Waals surface area contributed by atoms with E-state index in [1.807, 2.05) is 6.92 Å². The molecular formula is C9H13NO. The first-order chi connectivity index (χ1) is 5.13. The maximum absolute atomic E-state index is 10.7. The van der Waals surface area contributed by atoms with E-state index in [2.05, 4.69) is 6.58 Å². The van der Waals surface area contributed by atoms with Gasteiger partial charge < -0.3 is 5.73 Å². The van der Waals surface area contributed by atoms with Crippen LogP contribution in [0.15, 0.2) is 36.0 Å². The Kier molecular flexibility index (Phi) is 3.96. The molecule has 60 valence electrons. The van der Waals surface area contributed by atoms with Crippen LogP contribution < -0.4 is 5.73 Å². The largest absolute Gasteiger partial charge is 0.366 e. The summed E-state index contributed by atoms with van der Waals surface area (Å²) in [5.74, 6) is -0.400. The molecule has 0 bridgehead atoms. The lowest BCUT2D eigenvalue weighted by atomic mass is 10.1. The lowest BCUT2D eigenvalue weighted by Gasteiger charge is -1.99. The number of amides is 1. The molecule has 0 saturated heterocycles. The smallest absolute Gasteiger partial charge is 0.248 e. The predicted molar refractivity (Wildman–Crippen MR) is 46.9 cm³/mol. The van der Waals surface area contributed by atoms with Crippen LogP contribution in [0.1, 0.15) is 13.8 Å². The number of carbonyl (C=O) groups excluding carboxylic acids is 1. The molecule has 0 spiro atoms. The van der Waals surface area contributed by atoms with Crippen molar-refractivity contribution in [3.05, 3.63) is 36.0 Å². The molecule has 0 aliphatic carbocycles. The van der Waals surface area contributed by atoms with Crippen molar-refractivity contribution in [3.63, 3.8) is 0 Å². The van der Waals surface area contributed by atoms with Gasteiger partial charge in [-0.1, -0.05) is 24.8 Å². The van der Waals surface area contributed by atoms with Gasteiger partial charge in [0.05, 0.1) is 0 Å². The molecular weight excluding hydrogens is 138 g/mol. The highest BCUT2D eigenvalue weighted by molar-refractivity contribution is 5.96. The van der Waals surface area contributed by atoms with Gasteiger partial charge in [-0.05, 0) is 19.4 Å². The summed E-state index contributed by atoms with van der Waals surface area (Å²) in [6.07, 6.45) is 5.07. The van der Waals surface area contributed by atoms with Gasteiger partial charge in [-0.2, -0.15) is 0 Å². The van der Waals surface area contributed by atoms with Gasteiger partial charge in [-0.3, -0.25) is 4.79 Å². The van der Waals surface area contributed by atoms with E-state index in [0.717, 1.165) is 5.57 Å². The number of primary amides is 1. The van der Waals surface area contributed by atoms with E-state index in [1.165, 1.54) is 0 Å². The summed E-state index contributed by atoms with van der Waals surface area (Å²) in [5.41, 5.74) is 6.48. The molecule has 2 nitrogen and oxygen atoms in total. The third-order valence-corrected chi connectivity index (χ3v) is 1.35. The van der Waals surface area contributed by atoms with Crippen molar-refractivity contribution in [1.82, 2.24) is 0 Å². The van der Waals surface area contributed by atoms with Gasteiger partial charge >= 0.3 is 0 Å². The number of hydrogen-bond acceptors (Lipinski definition) is 1. The SMILES string of the molecule is C=C/C=C(C)\C(=C/C)C(N)=O. The molecule has 0 saturated carbocycles. The molecule has 0 fully saturated rings. The molecule has 0 heterocycles. The summed E-state index contributed by atoms with van der Waals surface area (Å²) in [4.78, 5) is 10.7. The fourth-order valence-corrected chi connectivity index (χ4v) is 0.831. The van der Waals surface area contributed by atoms with Crippen LogP contribution in [0.25, 0.3) is 0 Å². The Morgan fingerprint density at radius 1 is 1.55 bits per heavy atom. The Morgan fingerprint density at radius 2 is 2.09 bits per heavy atom. The van der Waals surface area contributed by atoms with Crippen LogP contribution in [0.5, 0.6) is 0 Å². The average molecular weight is 151 g/mol. The topological polar surface area (TPSA) is 43.1 Å². The van der Waals surface area contributed by atoms with E-state index in [9.17, 15) is 4.79 Å². The average Bonchev–Trinajstić information content (AvgIpc) is 1.88. The zero-order valence-electron chi connectivity index (χ0n) is 6.92. The lowest BCUT2D eigenvalue weighted by Crippen LogP contribution is -2.14. The van der Waals surface area contributed by atoms with E-state index in [0.29, 0.717) is 5.57 Å². The molecule has 11 heavy (non-hydrogen) atoms. The quantitative estimate of drug-likeness (QED) is 0.482. The number of rotatable bonds is 3. The number of allylic oxidation sites excluding steroid dienone is 3. The summed E-state index contributed by atoms with van der Waals surface area (Å²) >= 11 is 0. The van der Waals surface area contributed by atoms with Crippen LogP contribution in [0.2, 0.25) is 0 Å². The summed E-state index contributed by atoms with van der Waals surface area (Å²) in [6, 6.07) is 0. The fourth-order valence-electron chi connectivity index (χ4n) is 0.831. The Bertz CT molecular complexity index is 224. The minimum atomic E-state index is -0.400. The third kappa shape index (κ3) is 2.85. The Labute approximate surface area is 67.1 Å². The molecule has 0 atom stereocenters. The van der Waals surface area contributed by atoms with Crippen LogP contribution in [-0.2, 0) is 4.79 Å². The van der Waals surface area contributed by atoms with Crippen LogP contribution in [0.4, 0.5) is 0 Å². The van der Waals surface area contributed by atoms with E-state index >= 15 is 0 Å². The molecule has 0 radical (unpaired) electrons. The minimum absolute atomic E-state index is 0.400. The Hall–Kier alpha value is -1.31. The molecule has 1 amide bonds. The number of nitrogens with two attached hydrogens (primary N) is 1. The highest BCUT2D eigenvalue weighted by atomic mass is 16.1. The maximum Gasteiger partial charge on any atom is 0.248 e. The van der Waals surface area contributed by atoms with E-state index in [-0.39, 0.29) is 0 Å². The maximum atomic E-state index is 10.7. The number of carbonyl (C=O) groups is 1. The minimum Gasteiger partial charge on any atom is -0.366 e. The van der Waals surface area contributed by atoms with Gasteiger partial charge in [-0.25, -0.2) is 0 Å². The summed E-state index contributed by atoms with van der Waals surface area (Å²) < 4.78 is 0. The van der Waals surface area contributed by atoms with Crippen LogP contribution >= 0.6 is 0 Å². The van der Waals surface area contributed by atoms with E-state index < -0.39 is 5.91 Å². The first-order valence-electron chi connectivity index (χ1n) is 3.39. The summed E-state index contributed by atoms with van der Waals surface area (Å²) in [7, 11) is 0. The first-order valence-corrected chi connectivity index (χ1v) is 3.39. The van der Waals surface area contributed by atoms with E-state index in [1.54, 1.807) is 25.2 Å². The van der Waals surface area contributed by atoms with Gasteiger partial charge in [0.25, 0.3) is 0 Å². The van der Waals surface area contributed by atoms with Crippen molar-refractivity contribution in [2.45, 2.75) is 13.8 Å². The zero-order valence-corrected chi connectivity index (χ0v) is 6.92. The highest BCUT2D eigenvalue weighted by Crippen LogP contribution is 2.07. The van der Waals surface area contributed by atoms with Crippen LogP contribution in [0, 0.1) is 0 Å². The van der Waals surface area contributed by atoms with Gasteiger partial charge in [0, 0.05) is 5.57 Å². The lowest BCUT2D eigenvalue weighted by molar-refractivity contribution is -0.114. The van der Waals surface area contributed by atoms with Crippen molar-refractivity contribution in [2.75, 3.05) is 0 Å². The molecule has 2 heteroatoms. The van der Waals surface area contributed by atoms with E-state index in [4.69, 9.17) is 5.73 Å². The van der Waals surface area contributed by atoms with Crippen molar-refractivity contribution in [1.29, 1.82) is 0 Å². The molecule has 0 unspecified atom stereocenters. The Balaban J connectivity index is 4.67. The summed E-state index contributed by atoms with van der Waals surface area (Å²) in [5, 5.41) is 0. The van der Waals surface area contributed by atoms with Gasteiger partial charge in [0.2, 0.25) is 5.91 Å². The predicted octanol–water partition coefficient (Wildman–Crippen LogP) is 1.55. The second kappa shape index (κ2) is 4.50. The van der Waals surface area contributed by atoms with Crippen molar-refractivity contribution >= 4 is 5.91 Å². The van der Waals surface area contributed by atoms with Crippen molar-refractivity contribution < 1.29 is 4.79 Å². The van der Waals surface area contributed by atoms with Crippen LogP contribution in [0.3, 0.4) is 0 Å². The van der Waals surface area contributed by atoms with Crippen molar-refractivity contribution in [3.8, 4) is 0 Å². The summed E-state index contributed by atoms with van der Waals surface area (Å²) in [6.45, 7) is 7.12. The molecule has 0 aromatic rings. The normalized spacial score (nSPS) is 12.9. The van der Waals surface area contributed by atoms with Gasteiger partial charge in [-0.15, -0.1) is 0 Å². The molecule has 2 N–H and O–H groups in total. The number of hydrogen-bond donors (Lipinski definition) is 1. The second-order valence-corrected chi connectivity index (χ2v) is 2.15.